The predicted octanol–water partition coefficient (Wildman–Crippen LogP) is 3.45. The van der Waals surface area contributed by atoms with Crippen molar-refractivity contribution >= 4 is 17.1 Å². The summed E-state index contributed by atoms with van der Waals surface area (Å²) in [5.74, 6) is 0. The van der Waals surface area contributed by atoms with Crippen LogP contribution in [0.4, 0.5) is 0 Å². The van der Waals surface area contributed by atoms with Crippen LogP contribution in [0.15, 0.2) is 54.6 Å². The summed E-state index contributed by atoms with van der Waals surface area (Å²) in [6.07, 6.45) is 4.15. The summed E-state index contributed by atoms with van der Waals surface area (Å²) in [4.78, 5) is 1.73. The zero-order chi connectivity index (χ0) is 13.1. The molecule has 3 heteroatoms. The lowest BCUT2D eigenvalue weighted by molar-refractivity contribution is 0.613. The van der Waals surface area contributed by atoms with E-state index in [2.05, 4.69) is 53.5 Å². The molecule has 19 heavy (non-hydrogen) atoms. The van der Waals surface area contributed by atoms with Crippen LogP contribution >= 0.6 is 0 Å². The lowest BCUT2D eigenvalue weighted by Gasteiger charge is -1.93. The van der Waals surface area contributed by atoms with Crippen molar-refractivity contribution < 1.29 is 0 Å². The molecule has 0 bridgehead atoms. The van der Waals surface area contributed by atoms with Crippen LogP contribution in [0.3, 0.4) is 0 Å². The first-order valence-electron chi connectivity index (χ1n) is 6.34. The van der Waals surface area contributed by atoms with E-state index in [0.29, 0.717) is 6.54 Å². The Kier molecular flexibility index (Phi) is 3.11. The number of allylic oxidation sites excluding steroid dienone is 1. The fourth-order valence-corrected chi connectivity index (χ4v) is 2.00. The molecular weight excluding hydrogens is 234 g/mol. The van der Waals surface area contributed by atoms with Crippen molar-refractivity contribution in [3.05, 3.63) is 65.7 Å². The number of nitrogens with zero attached hydrogens (tertiary/aromatic N) is 3. The zero-order valence-corrected chi connectivity index (χ0v) is 10.8. The third kappa shape index (κ3) is 2.71. The van der Waals surface area contributed by atoms with E-state index in [1.165, 1.54) is 11.1 Å². The topological polar surface area (TPSA) is 30.7 Å². The van der Waals surface area contributed by atoms with Crippen molar-refractivity contribution in [1.82, 2.24) is 15.0 Å². The van der Waals surface area contributed by atoms with Gasteiger partial charge in [0.25, 0.3) is 0 Å². The Bertz CT molecular complexity index is 711. The van der Waals surface area contributed by atoms with Crippen molar-refractivity contribution in [3.8, 4) is 0 Å². The standard InChI is InChI=1S/C16H15N3/c1-13-9-10-15-16(12-13)18-19(17-15)11-5-8-14-6-3-2-4-7-14/h2-10,12H,11H2,1H3/b8-5-. The van der Waals surface area contributed by atoms with E-state index >= 15 is 0 Å². The summed E-state index contributed by atoms with van der Waals surface area (Å²) in [7, 11) is 0. The monoisotopic (exact) mass is 249 g/mol. The van der Waals surface area contributed by atoms with E-state index in [1.54, 1.807) is 4.80 Å². The molecule has 0 aliphatic heterocycles. The Labute approximate surface area is 112 Å². The van der Waals surface area contributed by atoms with E-state index < -0.39 is 0 Å². The minimum atomic E-state index is 0.683. The molecule has 0 radical (unpaired) electrons. The van der Waals surface area contributed by atoms with Gasteiger partial charge in [-0.05, 0) is 30.2 Å². The van der Waals surface area contributed by atoms with Crippen molar-refractivity contribution in [2.24, 2.45) is 0 Å². The van der Waals surface area contributed by atoms with Gasteiger partial charge in [-0.1, -0.05) is 48.6 Å². The summed E-state index contributed by atoms with van der Waals surface area (Å²) >= 11 is 0. The van der Waals surface area contributed by atoms with Crippen LogP contribution in [-0.4, -0.2) is 15.0 Å². The fourth-order valence-electron chi connectivity index (χ4n) is 2.00. The lowest BCUT2D eigenvalue weighted by atomic mass is 10.2. The number of aryl methyl sites for hydroxylation is 1. The molecule has 0 saturated heterocycles. The highest BCUT2D eigenvalue weighted by atomic mass is 15.5. The van der Waals surface area contributed by atoms with Crippen LogP contribution in [-0.2, 0) is 6.54 Å². The van der Waals surface area contributed by atoms with E-state index in [9.17, 15) is 0 Å². The van der Waals surface area contributed by atoms with Gasteiger partial charge in [0.05, 0.1) is 6.54 Å². The fraction of sp³-hybridized carbons (Fsp3) is 0.125. The van der Waals surface area contributed by atoms with E-state index in [1.807, 2.05) is 24.3 Å². The Balaban J connectivity index is 1.77. The maximum atomic E-state index is 4.46. The highest BCUT2D eigenvalue weighted by molar-refractivity contribution is 5.74. The second-order valence-corrected chi connectivity index (χ2v) is 4.56. The summed E-state index contributed by atoms with van der Waals surface area (Å²) in [6, 6.07) is 16.4. The molecule has 3 nitrogen and oxygen atoms in total. The van der Waals surface area contributed by atoms with Crippen LogP contribution in [0.1, 0.15) is 11.1 Å². The molecule has 0 unspecified atom stereocenters. The quantitative estimate of drug-likeness (QED) is 0.711. The molecule has 0 fully saturated rings. The van der Waals surface area contributed by atoms with Gasteiger partial charge in [-0.25, -0.2) is 0 Å². The van der Waals surface area contributed by atoms with Crippen LogP contribution in [0, 0.1) is 6.92 Å². The second-order valence-electron chi connectivity index (χ2n) is 4.56. The van der Waals surface area contributed by atoms with Gasteiger partial charge in [-0.3, -0.25) is 0 Å². The lowest BCUT2D eigenvalue weighted by Crippen LogP contribution is -1.99. The molecule has 1 aromatic heterocycles. The van der Waals surface area contributed by atoms with Crippen molar-refractivity contribution in [2.45, 2.75) is 13.5 Å². The van der Waals surface area contributed by atoms with Gasteiger partial charge in [0.15, 0.2) is 0 Å². The highest BCUT2D eigenvalue weighted by Gasteiger charge is 2.00. The SMILES string of the molecule is Cc1ccc2nn(C/C=C\c3ccccc3)nc2c1. The van der Waals surface area contributed by atoms with Crippen molar-refractivity contribution in [1.29, 1.82) is 0 Å². The van der Waals surface area contributed by atoms with Crippen LogP contribution in [0.25, 0.3) is 17.1 Å². The number of hydrogen-bond acceptors (Lipinski definition) is 2. The summed E-state index contributed by atoms with van der Waals surface area (Å²) in [6.45, 7) is 2.75. The Hall–Kier alpha value is -2.42. The Morgan fingerprint density at radius 2 is 1.79 bits per heavy atom. The molecule has 0 aliphatic carbocycles. The minimum absolute atomic E-state index is 0.683. The van der Waals surface area contributed by atoms with Crippen LogP contribution < -0.4 is 0 Å². The first-order chi connectivity index (χ1) is 9.31. The maximum absolute atomic E-state index is 4.46. The first-order valence-corrected chi connectivity index (χ1v) is 6.34. The van der Waals surface area contributed by atoms with Crippen molar-refractivity contribution in [3.63, 3.8) is 0 Å². The van der Waals surface area contributed by atoms with E-state index in [4.69, 9.17) is 0 Å². The zero-order valence-electron chi connectivity index (χ0n) is 10.8. The number of benzene rings is 2. The van der Waals surface area contributed by atoms with Gasteiger partial charge in [0.2, 0.25) is 0 Å². The van der Waals surface area contributed by atoms with Gasteiger partial charge in [0, 0.05) is 0 Å². The van der Waals surface area contributed by atoms with E-state index in [0.717, 1.165) is 11.0 Å². The van der Waals surface area contributed by atoms with E-state index in [-0.39, 0.29) is 0 Å². The molecule has 0 aliphatic rings. The molecule has 0 atom stereocenters. The average molecular weight is 249 g/mol. The number of rotatable bonds is 3. The molecule has 2 aromatic carbocycles. The smallest absolute Gasteiger partial charge is 0.113 e. The highest BCUT2D eigenvalue weighted by Crippen LogP contribution is 2.10. The maximum Gasteiger partial charge on any atom is 0.113 e. The third-order valence-electron chi connectivity index (χ3n) is 2.96. The van der Waals surface area contributed by atoms with Gasteiger partial charge < -0.3 is 0 Å². The largest absolute Gasteiger partial charge is 0.180 e. The molecule has 0 spiro atoms. The molecular formula is C16H15N3. The van der Waals surface area contributed by atoms with Gasteiger partial charge >= 0.3 is 0 Å². The molecule has 0 amide bonds. The molecule has 0 N–H and O–H groups in total. The van der Waals surface area contributed by atoms with Gasteiger partial charge in [-0.2, -0.15) is 15.0 Å². The number of fused-ring (bicyclic) bond motifs is 1. The molecule has 0 saturated carbocycles. The molecule has 94 valence electrons. The predicted molar refractivity (Wildman–Crippen MR) is 77.7 cm³/mol. The minimum Gasteiger partial charge on any atom is -0.180 e. The Morgan fingerprint density at radius 1 is 1.00 bits per heavy atom. The van der Waals surface area contributed by atoms with Crippen LogP contribution in [0.2, 0.25) is 0 Å². The number of hydrogen-bond donors (Lipinski definition) is 0. The number of aromatic nitrogens is 3. The second kappa shape index (κ2) is 5.06. The van der Waals surface area contributed by atoms with Crippen LogP contribution in [0.5, 0.6) is 0 Å². The molecule has 3 aromatic rings. The van der Waals surface area contributed by atoms with Gasteiger partial charge in [0.1, 0.15) is 11.0 Å². The summed E-state index contributed by atoms with van der Waals surface area (Å²) in [5.41, 5.74) is 4.29. The van der Waals surface area contributed by atoms with Gasteiger partial charge in [-0.15, -0.1) is 0 Å². The molecule has 1 heterocycles. The normalized spacial score (nSPS) is 11.4. The average Bonchev–Trinajstić information content (AvgIpc) is 2.82. The molecule has 3 rings (SSSR count). The third-order valence-corrected chi connectivity index (χ3v) is 2.96. The van der Waals surface area contributed by atoms with Crippen molar-refractivity contribution in [2.75, 3.05) is 0 Å². The summed E-state index contributed by atoms with van der Waals surface area (Å²) in [5, 5.41) is 8.90. The Morgan fingerprint density at radius 3 is 2.63 bits per heavy atom. The summed E-state index contributed by atoms with van der Waals surface area (Å²) < 4.78 is 0. The first kappa shape index (κ1) is 11.7.